The topological polar surface area (TPSA) is 151 Å². The van der Waals surface area contributed by atoms with Crippen LogP contribution in [0.25, 0.3) is 0 Å². The van der Waals surface area contributed by atoms with Gasteiger partial charge in [0, 0.05) is 81.1 Å². The highest BCUT2D eigenvalue weighted by Crippen LogP contribution is 2.30. The lowest BCUT2D eigenvalue weighted by Gasteiger charge is -2.44. The van der Waals surface area contributed by atoms with Crippen molar-refractivity contribution in [2.24, 2.45) is 11.5 Å². The van der Waals surface area contributed by atoms with Crippen LogP contribution in [0, 0.1) is 0 Å². The van der Waals surface area contributed by atoms with Crippen molar-refractivity contribution in [3.63, 3.8) is 0 Å². The molecule has 24 heteroatoms. The Labute approximate surface area is 379 Å². The van der Waals surface area contributed by atoms with E-state index in [0.717, 1.165) is 50.9 Å². The summed E-state index contributed by atoms with van der Waals surface area (Å²) in [5, 5.41) is 0. The van der Waals surface area contributed by atoms with Crippen molar-refractivity contribution < 1.29 is 43.6 Å². The van der Waals surface area contributed by atoms with Gasteiger partial charge in [0.2, 0.25) is 0 Å². The van der Waals surface area contributed by atoms with Crippen LogP contribution in [0.5, 0.6) is 0 Å². The molecule has 0 aromatic carbocycles. The molecule has 0 aliphatic carbocycles. The molecule has 0 bridgehead atoms. The van der Waals surface area contributed by atoms with E-state index in [1.54, 1.807) is 56.9 Å². The molecule has 0 saturated carbocycles. The number of nitrogens with zero attached hydrogens (tertiary/aromatic N) is 2. The molecule has 0 unspecified atom stereocenters. The molecule has 0 aromatic heterocycles. The summed E-state index contributed by atoms with van der Waals surface area (Å²) in [4.78, 5) is 0. The van der Waals surface area contributed by atoms with Crippen LogP contribution in [0.2, 0.25) is 122 Å². The van der Waals surface area contributed by atoms with Crippen molar-refractivity contribution >= 4 is 86.6 Å². The molecule has 0 rings (SSSR count). The van der Waals surface area contributed by atoms with Gasteiger partial charge in [-0.25, -0.2) is 0 Å². The number of hydrogen-bond donors (Lipinski definition) is 2. The lowest BCUT2D eigenvalue weighted by Crippen LogP contribution is -2.61. The summed E-state index contributed by atoms with van der Waals surface area (Å²) in [7, 11) is -5.06. The third kappa shape index (κ3) is 27.0. The lowest BCUT2D eigenvalue weighted by atomic mass is 10.5. The quantitative estimate of drug-likeness (QED) is 0.0524. The first-order valence-corrected chi connectivity index (χ1v) is 47.2. The van der Waals surface area contributed by atoms with Gasteiger partial charge in [-0.2, -0.15) is 11.1 Å². The molecule has 14 nitrogen and oxygen atoms in total. The third-order valence-electron chi connectivity index (χ3n) is 9.45. The monoisotopic (exact) mass is 1020 g/mol. The average Bonchev–Trinajstić information content (AvgIpc) is 3.11. The first-order chi connectivity index (χ1) is 26.7. The molecule has 0 aromatic rings. The van der Waals surface area contributed by atoms with Crippen molar-refractivity contribution in [1.29, 1.82) is 0 Å². The summed E-state index contributed by atoms with van der Waals surface area (Å²) in [5.74, 6) is 0. The van der Waals surface area contributed by atoms with E-state index >= 15 is 0 Å². The molecule has 0 spiro atoms. The molecule has 4 N–H and O–H groups in total. The smallest absolute Gasteiger partial charge is 0.377 e. The third-order valence-corrected chi connectivity index (χ3v) is 38.7. The zero-order valence-corrected chi connectivity index (χ0v) is 52.3. The zero-order valence-electron chi connectivity index (χ0n) is 42.5. The van der Waals surface area contributed by atoms with Crippen LogP contribution in [0.15, 0.2) is 0 Å². The fourth-order valence-corrected chi connectivity index (χ4v) is 39.3. The molecule has 59 heavy (non-hydrogen) atoms. The van der Waals surface area contributed by atoms with Gasteiger partial charge in [0.1, 0.15) is 40.3 Å². The average molecular weight is 1020 g/mol. The normalized spacial score (nSPS) is 14.0. The van der Waals surface area contributed by atoms with E-state index < -0.39 is 75.5 Å². The highest BCUT2D eigenvalue weighted by atomic mass is 35.6. The molecule has 0 fully saturated rings. The van der Waals surface area contributed by atoms with E-state index in [4.69, 9.17) is 66.2 Å². The van der Waals surface area contributed by atoms with Crippen LogP contribution < -0.4 is 11.5 Å². The van der Waals surface area contributed by atoms with Crippen LogP contribution in [0.1, 0.15) is 25.7 Å². The van der Waals surface area contributed by atoms with E-state index in [1.165, 1.54) is 0 Å². The minimum atomic E-state index is -2.94. The summed E-state index contributed by atoms with van der Waals surface area (Å²) in [6.07, 6.45) is 3.50. The van der Waals surface area contributed by atoms with Gasteiger partial charge < -0.3 is 63.6 Å². The Kier molecular flexibility index (Phi) is 32.3. The molecule has 0 radical (unpaired) electrons. The van der Waals surface area contributed by atoms with E-state index in [0.29, 0.717) is 25.2 Å². The molecule has 0 saturated heterocycles. The maximum atomic E-state index is 6.73. The molecule has 0 heterocycles. The minimum Gasteiger partial charge on any atom is -0.377 e. The van der Waals surface area contributed by atoms with Gasteiger partial charge in [0.05, 0.1) is 0 Å². The van der Waals surface area contributed by atoms with Gasteiger partial charge in [-0.15, -0.1) is 0 Å². The van der Waals surface area contributed by atoms with Gasteiger partial charge in [0.25, 0.3) is 0 Å². The Hall–Kier alpha value is 1.68. The van der Waals surface area contributed by atoms with Gasteiger partial charge in [0.15, 0.2) is 0 Å². The largest absolute Gasteiger partial charge is 0.493 e. The van der Waals surface area contributed by atoms with Crippen molar-refractivity contribution in [2.75, 3.05) is 83.1 Å². The summed E-state index contributed by atoms with van der Waals surface area (Å²) >= 11 is 5.67. The molecular weight excluding hydrogens is 925 g/mol. The van der Waals surface area contributed by atoms with Crippen LogP contribution in [-0.4, -0.2) is 167 Å². The van der Waals surface area contributed by atoms with Crippen molar-refractivity contribution in [3.05, 3.63) is 0 Å². The van der Waals surface area contributed by atoms with Crippen molar-refractivity contribution in [3.8, 4) is 0 Å². The number of rotatable bonds is 30. The SMILES string of the molecule is CO[Si](CCCN([Si](C)(C)C)[Si](C)(C)C)(OC)O[Si](CCCN([Si](C)(C)C)[Si](C)(C)C)(OC)OC.CO[Si](CCCN)(OC)O[Si](CCCN)(OC)OC.C[Si](C)(C)Cl. The van der Waals surface area contributed by atoms with Gasteiger partial charge >= 0.3 is 35.2 Å². The van der Waals surface area contributed by atoms with Crippen LogP contribution in [0.3, 0.4) is 0 Å². The second-order valence-corrected chi connectivity index (χ2v) is 59.9. The van der Waals surface area contributed by atoms with Crippen LogP contribution in [-0.2, 0) is 43.6 Å². The minimum absolute atomic E-state index is 0.558. The number of halogens is 1. The van der Waals surface area contributed by atoms with Crippen molar-refractivity contribution in [2.45, 2.75) is 148 Å². The van der Waals surface area contributed by atoms with Gasteiger partial charge in [-0.3, -0.25) is 0 Å². The fourth-order valence-electron chi connectivity index (χ4n) is 7.06. The molecule has 0 aliphatic rings. The second kappa shape index (κ2) is 29.3. The maximum Gasteiger partial charge on any atom is 0.493 e. The Morgan fingerprint density at radius 1 is 0.356 bits per heavy atom. The number of hydrogen-bond acceptors (Lipinski definition) is 14. The van der Waals surface area contributed by atoms with Crippen LogP contribution in [0.4, 0.5) is 0 Å². The summed E-state index contributed by atoms with van der Waals surface area (Å²) in [6, 6.07) is 2.81. The lowest BCUT2D eigenvalue weighted by molar-refractivity contribution is 0.0847. The van der Waals surface area contributed by atoms with E-state index in [-0.39, 0.29) is 0 Å². The van der Waals surface area contributed by atoms with Crippen LogP contribution >= 0.6 is 11.1 Å². The first-order valence-electron chi connectivity index (χ1n) is 21.2. The zero-order chi connectivity index (χ0) is 47.2. The summed E-state index contributed by atoms with van der Waals surface area (Å²) < 4.78 is 64.5. The highest BCUT2D eigenvalue weighted by molar-refractivity contribution is 7.18. The first kappa shape index (κ1) is 65.0. The second-order valence-electron chi connectivity index (χ2n) is 19.6. The van der Waals surface area contributed by atoms with Gasteiger partial charge in [-0.1, -0.05) is 98.2 Å². The Morgan fingerprint density at radius 3 is 0.661 bits per heavy atom. The molecule has 0 aliphatic heterocycles. The molecular formula is C35H97ClN4O10Si9. The van der Waals surface area contributed by atoms with E-state index in [9.17, 15) is 0 Å². The predicted octanol–water partition coefficient (Wildman–Crippen LogP) is 8.41. The standard InChI is InChI=1S/C22H60N2O5Si6.C10H28N2O5Si2.C3H9ClSi/c1-25-34(26-2,21-17-19-23(30(5,6)7)31(8,9)10)29-35(27-3,28-4)22-18-20-24(32(11,12)13)33(14,15)16;1-13-18(14-2,9-5-7-11)17-19(15-3,16-4)10-6-8-12;1-5(2,3)4/h17-22H2,1-16H3;5-12H2,1-4H3;1-3H3. The predicted molar refractivity (Wildman–Crippen MR) is 273 cm³/mol. The molecule has 360 valence electrons. The number of nitrogens with two attached hydrogens (primary N) is 2. The van der Waals surface area contributed by atoms with Gasteiger partial charge in [-0.05, 0) is 51.9 Å². The van der Waals surface area contributed by atoms with E-state index in [1.807, 2.05) is 0 Å². The van der Waals surface area contributed by atoms with Crippen molar-refractivity contribution in [1.82, 2.24) is 8.46 Å². The fraction of sp³-hybridized carbons (Fsp3) is 1.00. The highest BCUT2D eigenvalue weighted by Gasteiger charge is 2.53. The summed E-state index contributed by atoms with van der Waals surface area (Å²) in [5.41, 5.74) is 11.1. The maximum absolute atomic E-state index is 6.73. The Bertz CT molecular complexity index is 961. The Morgan fingerprint density at radius 2 is 0.525 bits per heavy atom. The summed E-state index contributed by atoms with van der Waals surface area (Å²) in [6.45, 7) is 38.8. The van der Waals surface area contributed by atoms with E-state index in [2.05, 4.69) is 107 Å². The molecule has 0 amide bonds. The Balaban J connectivity index is -0.00000109. The molecule has 0 atom stereocenters.